The van der Waals surface area contributed by atoms with Crippen LogP contribution in [0.4, 0.5) is 4.39 Å². The zero-order valence-corrected chi connectivity index (χ0v) is 8.71. The number of benzene rings is 1. The molecule has 1 radical (unpaired) electrons. The maximum Gasteiger partial charge on any atom is 0.136 e. The summed E-state index contributed by atoms with van der Waals surface area (Å²) in [5.74, 6) is -0.222. The monoisotopic (exact) mass is 275 g/mol. The molecule has 12 heavy (non-hydrogen) atoms. The van der Waals surface area contributed by atoms with Crippen LogP contribution in [-0.2, 0) is 0 Å². The summed E-state index contributed by atoms with van der Waals surface area (Å²) in [6, 6.07) is 5.11. The van der Waals surface area contributed by atoms with Crippen molar-refractivity contribution >= 4 is 22.6 Å². The Morgan fingerprint density at radius 2 is 2.17 bits per heavy atom. The highest BCUT2D eigenvalue weighted by molar-refractivity contribution is 14.1. The summed E-state index contributed by atoms with van der Waals surface area (Å²) in [4.78, 5) is 0. The van der Waals surface area contributed by atoms with Gasteiger partial charge in [-0.25, -0.2) is 4.39 Å². The van der Waals surface area contributed by atoms with Crippen LogP contribution in [0.3, 0.4) is 0 Å². The standard InChI is InChI=1S/C10H9FI/c1-3-7(2)8-4-5-10(12)9(11)6-8/h3-7H,1-2H2. The van der Waals surface area contributed by atoms with E-state index >= 15 is 0 Å². The summed E-state index contributed by atoms with van der Waals surface area (Å²) >= 11 is 1.96. The number of hydrogen-bond donors (Lipinski definition) is 0. The Balaban J connectivity index is 3.04. The Bertz CT molecular complexity index is 294. The lowest BCUT2D eigenvalue weighted by Gasteiger charge is -2.05. The molecule has 0 heterocycles. The molecule has 0 amide bonds. The van der Waals surface area contributed by atoms with E-state index in [-0.39, 0.29) is 11.7 Å². The topological polar surface area (TPSA) is 0 Å². The highest BCUT2D eigenvalue weighted by Gasteiger charge is 2.04. The number of hydrogen-bond acceptors (Lipinski definition) is 0. The molecule has 1 unspecified atom stereocenters. The van der Waals surface area contributed by atoms with Crippen LogP contribution in [0.5, 0.6) is 0 Å². The van der Waals surface area contributed by atoms with Crippen molar-refractivity contribution in [3.63, 3.8) is 0 Å². The van der Waals surface area contributed by atoms with E-state index in [0.717, 1.165) is 5.56 Å². The lowest BCUT2D eigenvalue weighted by Crippen LogP contribution is -1.91. The summed E-state index contributed by atoms with van der Waals surface area (Å²) < 4.78 is 13.6. The van der Waals surface area contributed by atoms with Crippen molar-refractivity contribution in [2.75, 3.05) is 0 Å². The summed E-state index contributed by atoms with van der Waals surface area (Å²) in [5, 5.41) is 0. The average molecular weight is 275 g/mol. The maximum absolute atomic E-state index is 13.0. The molecular formula is C10H9FI. The molecule has 1 aromatic rings. The molecule has 1 aromatic carbocycles. The molecule has 0 aliphatic rings. The second-order valence-corrected chi connectivity index (χ2v) is 3.68. The first kappa shape index (κ1) is 9.71. The first-order valence-corrected chi connectivity index (χ1v) is 4.63. The van der Waals surface area contributed by atoms with Crippen molar-refractivity contribution in [3.8, 4) is 0 Å². The third kappa shape index (κ3) is 2.06. The Morgan fingerprint density at radius 1 is 1.50 bits per heavy atom. The Morgan fingerprint density at radius 3 is 2.67 bits per heavy atom. The van der Waals surface area contributed by atoms with E-state index in [1.165, 1.54) is 6.07 Å². The average Bonchev–Trinajstić information content (AvgIpc) is 2.08. The fraction of sp³-hybridized carbons (Fsp3) is 0.100. The molecule has 0 saturated carbocycles. The van der Waals surface area contributed by atoms with E-state index < -0.39 is 0 Å². The SMILES string of the molecule is [CH2]C(C=C)c1ccc(I)c(F)c1. The van der Waals surface area contributed by atoms with Crippen LogP contribution >= 0.6 is 22.6 Å². The molecule has 0 aromatic heterocycles. The van der Waals surface area contributed by atoms with Crippen molar-refractivity contribution in [3.05, 3.63) is 52.7 Å². The molecule has 0 bridgehead atoms. The highest BCUT2D eigenvalue weighted by Crippen LogP contribution is 2.19. The van der Waals surface area contributed by atoms with Gasteiger partial charge in [0.2, 0.25) is 0 Å². The molecule has 0 aliphatic heterocycles. The molecule has 0 nitrogen and oxygen atoms in total. The van der Waals surface area contributed by atoms with Crippen LogP contribution < -0.4 is 0 Å². The number of rotatable bonds is 2. The molecule has 1 atom stereocenters. The van der Waals surface area contributed by atoms with E-state index in [2.05, 4.69) is 13.5 Å². The van der Waals surface area contributed by atoms with E-state index in [1.54, 1.807) is 12.1 Å². The van der Waals surface area contributed by atoms with E-state index in [9.17, 15) is 4.39 Å². The van der Waals surface area contributed by atoms with E-state index in [1.807, 2.05) is 28.7 Å². The molecule has 0 spiro atoms. The minimum Gasteiger partial charge on any atom is -0.206 e. The van der Waals surface area contributed by atoms with Gasteiger partial charge in [0, 0.05) is 9.49 Å². The normalized spacial score (nSPS) is 12.6. The molecule has 0 fully saturated rings. The number of halogens is 2. The van der Waals surface area contributed by atoms with Gasteiger partial charge >= 0.3 is 0 Å². The third-order valence-electron chi connectivity index (χ3n) is 1.66. The Hall–Kier alpha value is -0.380. The van der Waals surface area contributed by atoms with Gasteiger partial charge in [-0.1, -0.05) is 12.1 Å². The van der Waals surface area contributed by atoms with Crippen molar-refractivity contribution in [1.82, 2.24) is 0 Å². The van der Waals surface area contributed by atoms with Crippen LogP contribution in [0.15, 0.2) is 30.9 Å². The van der Waals surface area contributed by atoms with Crippen molar-refractivity contribution in [2.24, 2.45) is 0 Å². The minimum absolute atomic E-state index is 0.0310. The zero-order chi connectivity index (χ0) is 9.14. The largest absolute Gasteiger partial charge is 0.206 e. The Kier molecular flexibility index (Phi) is 3.26. The van der Waals surface area contributed by atoms with E-state index in [4.69, 9.17) is 0 Å². The third-order valence-corrected chi connectivity index (χ3v) is 2.53. The predicted molar refractivity (Wildman–Crippen MR) is 57.4 cm³/mol. The van der Waals surface area contributed by atoms with Gasteiger partial charge in [0.15, 0.2) is 0 Å². The minimum atomic E-state index is -0.191. The van der Waals surface area contributed by atoms with Gasteiger partial charge in [-0.3, -0.25) is 0 Å². The van der Waals surface area contributed by atoms with Gasteiger partial charge in [0.05, 0.1) is 0 Å². The molecular weight excluding hydrogens is 266 g/mol. The molecule has 0 aliphatic carbocycles. The maximum atomic E-state index is 13.0. The van der Waals surface area contributed by atoms with Gasteiger partial charge < -0.3 is 0 Å². The molecule has 1 rings (SSSR count). The van der Waals surface area contributed by atoms with Crippen LogP contribution in [0.25, 0.3) is 0 Å². The van der Waals surface area contributed by atoms with Crippen molar-refractivity contribution in [2.45, 2.75) is 5.92 Å². The fourth-order valence-corrected chi connectivity index (χ4v) is 1.21. The van der Waals surface area contributed by atoms with Gasteiger partial charge in [-0.05, 0) is 47.2 Å². The van der Waals surface area contributed by atoms with Crippen LogP contribution in [-0.4, -0.2) is 0 Å². The summed E-state index contributed by atoms with van der Waals surface area (Å²) in [6.45, 7) is 7.41. The Labute approximate surface area is 85.6 Å². The fourth-order valence-electron chi connectivity index (χ4n) is 0.879. The van der Waals surface area contributed by atoms with E-state index in [0.29, 0.717) is 3.57 Å². The summed E-state index contributed by atoms with van der Waals surface area (Å²) in [7, 11) is 0. The zero-order valence-electron chi connectivity index (χ0n) is 6.56. The van der Waals surface area contributed by atoms with Gasteiger partial charge in [-0.2, -0.15) is 0 Å². The van der Waals surface area contributed by atoms with Gasteiger partial charge in [0.25, 0.3) is 0 Å². The highest BCUT2D eigenvalue weighted by atomic mass is 127. The first-order chi connectivity index (χ1) is 5.65. The summed E-state index contributed by atoms with van der Waals surface area (Å²) in [5.41, 5.74) is 0.864. The lowest BCUT2D eigenvalue weighted by atomic mass is 10.0. The quantitative estimate of drug-likeness (QED) is 0.572. The van der Waals surface area contributed by atoms with Gasteiger partial charge in [-0.15, -0.1) is 6.58 Å². The van der Waals surface area contributed by atoms with Crippen LogP contribution in [0.1, 0.15) is 11.5 Å². The van der Waals surface area contributed by atoms with Crippen molar-refractivity contribution < 1.29 is 4.39 Å². The molecule has 2 heteroatoms. The second kappa shape index (κ2) is 4.03. The first-order valence-electron chi connectivity index (χ1n) is 3.55. The van der Waals surface area contributed by atoms with Crippen LogP contribution in [0.2, 0.25) is 0 Å². The van der Waals surface area contributed by atoms with Crippen LogP contribution in [0, 0.1) is 16.3 Å². The number of allylic oxidation sites excluding steroid dienone is 1. The molecule has 0 N–H and O–H groups in total. The predicted octanol–water partition coefficient (Wildman–Crippen LogP) is 3.53. The summed E-state index contributed by atoms with van der Waals surface area (Å²) in [6.07, 6.45) is 1.70. The van der Waals surface area contributed by atoms with Crippen molar-refractivity contribution in [1.29, 1.82) is 0 Å². The smallest absolute Gasteiger partial charge is 0.136 e. The van der Waals surface area contributed by atoms with Gasteiger partial charge in [0.1, 0.15) is 5.82 Å². The second-order valence-electron chi connectivity index (χ2n) is 2.52. The molecule has 0 saturated heterocycles. The molecule has 63 valence electrons. The lowest BCUT2D eigenvalue weighted by molar-refractivity contribution is 0.618.